The minimum atomic E-state index is -0.982. The van der Waals surface area contributed by atoms with E-state index in [0.717, 1.165) is 12.0 Å². The molecule has 180 valence electrons. The van der Waals surface area contributed by atoms with Gasteiger partial charge in [0.15, 0.2) is 5.79 Å². The smallest absolute Gasteiger partial charge is 0.341 e. The first-order valence-corrected chi connectivity index (χ1v) is 11.2. The molecule has 1 aliphatic heterocycles. The average molecular weight is 462 g/mol. The van der Waals surface area contributed by atoms with Crippen molar-refractivity contribution in [2.24, 2.45) is 5.41 Å². The number of fused-ring (bicyclic) bond motifs is 4. The molecule has 5 rings (SSSR count). The summed E-state index contributed by atoms with van der Waals surface area (Å²) in [7, 11) is 5.77. The molecule has 4 aliphatic rings. The molecule has 33 heavy (non-hydrogen) atoms. The van der Waals surface area contributed by atoms with E-state index in [0.29, 0.717) is 43.8 Å². The molecule has 4 atom stereocenters. The van der Waals surface area contributed by atoms with Gasteiger partial charge in [-0.15, -0.1) is 0 Å². The Hall–Kier alpha value is -2.20. The normalized spacial score (nSPS) is 33.0. The fourth-order valence-electron chi connectivity index (χ4n) is 7.08. The largest absolute Gasteiger partial charge is 0.496 e. The highest BCUT2D eigenvalue weighted by molar-refractivity contribution is 5.98. The van der Waals surface area contributed by atoms with Crippen LogP contribution in [0, 0.1) is 5.41 Å². The monoisotopic (exact) mass is 462 g/mol. The Morgan fingerprint density at radius 2 is 1.82 bits per heavy atom. The molecule has 0 radical (unpaired) electrons. The van der Waals surface area contributed by atoms with Crippen molar-refractivity contribution < 1.29 is 42.7 Å². The molecule has 1 heterocycles. The summed E-state index contributed by atoms with van der Waals surface area (Å²) >= 11 is 0. The van der Waals surface area contributed by atoms with Crippen LogP contribution in [0.4, 0.5) is 0 Å². The van der Waals surface area contributed by atoms with E-state index in [4.69, 9.17) is 33.2 Å². The molecule has 9 heteroatoms. The van der Waals surface area contributed by atoms with Crippen molar-refractivity contribution in [2.75, 3.05) is 48.4 Å². The summed E-state index contributed by atoms with van der Waals surface area (Å²) in [6, 6.07) is 3.73. The standard InChI is InChI=1S/C24H30O9/c1-27-13-33-23-8-7-15-14-5-6-16(28-2)18(20(25)29-3)17(14)19(21(26)30-4)22(15,11-23)12-24(23)31-9-10-32-24/h5-6,15,19H,7-13H2,1-4H3/t15-,19+,22+,23-/m0/s1. The van der Waals surface area contributed by atoms with Gasteiger partial charge in [0.1, 0.15) is 23.7 Å². The van der Waals surface area contributed by atoms with Gasteiger partial charge < -0.3 is 33.2 Å². The topological polar surface area (TPSA) is 98.8 Å². The van der Waals surface area contributed by atoms with E-state index >= 15 is 0 Å². The summed E-state index contributed by atoms with van der Waals surface area (Å²) in [6.45, 7) is 0.998. The van der Waals surface area contributed by atoms with Crippen molar-refractivity contribution in [3.8, 4) is 5.75 Å². The van der Waals surface area contributed by atoms with Crippen LogP contribution in [0.25, 0.3) is 0 Å². The van der Waals surface area contributed by atoms with Gasteiger partial charge in [0, 0.05) is 18.9 Å². The highest BCUT2D eigenvalue weighted by atomic mass is 16.8. The fraction of sp³-hybridized carbons (Fsp3) is 0.667. The van der Waals surface area contributed by atoms with Crippen LogP contribution in [-0.2, 0) is 33.2 Å². The summed E-state index contributed by atoms with van der Waals surface area (Å²) in [5.74, 6) is -2.29. The van der Waals surface area contributed by atoms with E-state index in [-0.39, 0.29) is 18.3 Å². The first-order valence-electron chi connectivity index (χ1n) is 11.2. The van der Waals surface area contributed by atoms with Gasteiger partial charge in [0.05, 0.1) is 40.5 Å². The Bertz CT molecular complexity index is 969. The zero-order chi connectivity index (χ0) is 23.4. The predicted molar refractivity (Wildman–Crippen MR) is 113 cm³/mol. The van der Waals surface area contributed by atoms with Gasteiger partial charge in [-0.2, -0.15) is 0 Å². The summed E-state index contributed by atoms with van der Waals surface area (Å²) < 4.78 is 40.0. The van der Waals surface area contributed by atoms with Crippen LogP contribution in [0.2, 0.25) is 0 Å². The second-order valence-corrected chi connectivity index (χ2v) is 9.27. The number of ether oxygens (including phenoxy) is 7. The van der Waals surface area contributed by atoms with E-state index in [1.807, 2.05) is 6.07 Å². The third-order valence-corrected chi connectivity index (χ3v) is 8.13. The Morgan fingerprint density at radius 3 is 2.45 bits per heavy atom. The molecule has 3 fully saturated rings. The molecule has 2 bridgehead atoms. The van der Waals surface area contributed by atoms with Gasteiger partial charge in [0.2, 0.25) is 0 Å². The second-order valence-electron chi connectivity index (χ2n) is 9.27. The minimum absolute atomic E-state index is 0.00245. The number of hydrogen-bond acceptors (Lipinski definition) is 9. The summed E-state index contributed by atoms with van der Waals surface area (Å²) in [4.78, 5) is 26.4. The molecular formula is C24H30O9. The molecule has 1 aromatic carbocycles. The number of carbonyl (C=O) groups excluding carboxylic acids is 2. The van der Waals surface area contributed by atoms with Crippen LogP contribution in [0.1, 0.15) is 59.0 Å². The quantitative estimate of drug-likeness (QED) is 0.466. The van der Waals surface area contributed by atoms with Crippen LogP contribution in [0.15, 0.2) is 12.1 Å². The molecule has 1 saturated heterocycles. The van der Waals surface area contributed by atoms with E-state index in [2.05, 4.69) is 0 Å². The molecule has 0 amide bonds. The van der Waals surface area contributed by atoms with Crippen molar-refractivity contribution in [2.45, 2.75) is 48.9 Å². The van der Waals surface area contributed by atoms with E-state index < -0.39 is 34.7 Å². The third kappa shape index (κ3) is 2.86. The van der Waals surface area contributed by atoms with Gasteiger partial charge in [-0.1, -0.05) is 6.07 Å². The lowest BCUT2D eigenvalue weighted by Crippen LogP contribution is -2.53. The Labute approximate surface area is 192 Å². The summed E-state index contributed by atoms with van der Waals surface area (Å²) in [5, 5.41) is 0. The van der Waals surface area contributed by atoms with Gasteiger partial charge in [0.25, 0.3) is 0 Å². The maximum Gasteiger partial charge on any atom is 0.341 e. The van der Waals surface area contributed by atoms with Crippen LogP contribution in [0.5, 0.6) is 5.75 Å². The van der Waals surface area contributed by atoms with Crippen molar-refractivity contribution in [3.05, 3.63) is 28.8 Å². The molecule has 2 saturated carbocycles. The number of benzene rings is 1. The zero-order valence-corrected chi connectivity index (χ0v) is 19.4. The maximum atomic E-state index is 13.4. The third-order valence-electron chi connectivity index (χ3n) is 8.13. The Balaban J connectivity index is 1.72. The van der Waals surface area contributed by atoms with Gasteiger partial charge in [-0.25, -0.2) is 4.79 Å². The fourth-order valence-corrected chi connectivity index (χ4v) is 7.08. The lowest BCUT2D eigenvalue weighted by molar-refractivity contribution is -0.289. The van der Waals surface area contributed by atoms with Gasteiger partial charge >= 0.3 is 11.9 Å². The van der Waals surface area contributed by atoms with Crippen LogP contribution < -0.4 is 4.74 Å². The number of methoxy groups -OCH3 is 4. The van der Waals surface area contributed by atoms with Crippen molar-refractivity contribution >= 4 is 11.9 Å². The molecule has 0 aromatic heterocycles. The highest BCUT2D eigenvalue weighted by Gasteiger charge is 2.76. The van der Waals surface area contributed by atoms with Crippen LogP contribution in [-0.4, -0.2) is 71.8 Å². The predicted octanol–water partition coefficient (Wildman–Crippen LogP) is 2.51. The molecule has 3 aliphatic carbocycles. The number of carbonyl (C=O) groups is 2. The van der Waals surface area contributed by atoms with E-state index in [9.17, 15) is 9.59 Å². The number of rotatable bonds is 6. The van der Waals surface area contributed by atoms with E-state index in [1.165, 1.54) is 21.3 Å². The van der Waals surface area contributed by atoms with Gasteiger partial charge in [-0.3, -0.25) is 4.79 Å². The molecule has 2 spiro atoms. The van der Waals surface area contributed by atoms with Crippen LogP contribution >= 0.6 is 0 Å². The molecule has 0 N–H and O–H groups in total. The van der Waals surface area contributed by atoms with Crippen LogP contribution in [0.3, 0.4) is 0 Å². The minimum Gasteiger partial charge on any atom is -0.496 e. The second kappa shape index (κ2) is 7.94. The Morgan fingerprint density at radius 1 is 1.06 bits per heavy atom. The highest BCUT2D eigenvalue weighted by Crippen LogP contribution is 2.75. The average Bonchev–Trinajstić information content (AvgIpc) is 3.47. The molecule has 0 unspecified atom stereocenters. The summed E-state index contributed by atoms with van der Waals surface area (Å²) in [5.41, 5.74) is 0.465. The molecule has 9 nitrogen and oxygen atoms in total. The Kier molecular flexibility index (Phi) is 5.43. The number of esters is 2. The van der Waals surface area contributed by atoms with Crippen molar-refractivity contribution in [1.29, 1.82) is 0 Å². The van der Waals surface area contributed by atoms with E-state index in [1.54, 1.807) is 13.2 Å². The number of hydrogen-bond donors (Lipinski definition) is 0. The van der Waals surface area contributed by atoms with Gasteiger partial charge in [-0.05, 0) is 42.4 Å². The SMILES string of the molecule is COCO[C@]12CC[C@H]3c4ccc(OC)c(C(=O)OC)c4[C@H](C(=O)OC)[C@@]3(CC13OCCO3)C2. The molecular weight excluding hydrogens is 432 g/mol. The lowest BCUT2D eigenvalue weighted by Gasteiger charge is -2.45. The first-order chi connectivity index (χ1) is 15.9. The zero-order valence-electron chi connectivity index (χ0n) is 19.4. The first kappa shape index (κ1) is 22.6. The van der Waals surface area contributed by atoms with Crippen molar-refractivity contribution in [1.82, 2.24) is 0 Å². The molecule has 1 aromatic rings. The summed E-state index contributed by atoms with van der Waals surface area (Å²) in [6.07, 6.45) is 2.39. The maximum absolute atomic E-state index is 13.4. The van der Waals surface area contributed by atoms with Crippen molar-refractivity contribution in [3.63, 3.8) is 0 Å². The lowest BCUT2D eigenvalue weighted by atomic mass is 9.63.